The molecule has 1 aliphatic heterocycles. The highest BCUT2D eigenvalue weighted by atomic mass is 16.5. The van der Waals surface area contributed by atoms with E-state index in [9.17, 15) is 0 Å². The van der Waals surface area contributed by atoms with Crippen LogP contribution in [-0.4, -0.2) is 37.2 Å². The average molecular weight is 274 g/mol. The number of nitrogens with two attached hydrogens (primary N) is 1. The predicted octanol–water partition coefficient (Wildman–Crippen LogP) is 2.54. The summed E-state index contributed by atoms with van der Waals surface area (Å²) in [5.41, 5.74) is 8.18. The first-order valence-electron chi connectivity index (χ1n) is 7.31. The lowest BCUT2D eigenvalue weighted by Gasteiger charge is -2.30. The van der Waals surface area contributed by atoms with Gasteiger partial charge in [0.2, 0.25) is 0 Å². The lowest BCUT2D eigenvalue weighted by molar-refractivity contribution is 0.0612. The van der Waals surface area contributed by atoms with Crippen molar-refractivity contribution in [2.24, 2.45) is 5.73 Å². The third-order valence-corrected chi connectivity index (χ3v) is 4.02. The maximum atomic E-state index is 6.06. The van der Waals surface area contributed by atoms with Crippen molar-refractivity contribution in [3.63, 3.8) is 0 Å². The number of furan rings is 1. The average Bonchev–Trinajstić information content (AvgIpc) is 2.76. The molecule has 1 aliphatic rings. The molecule has 2 unspecified atom stereocenters. The summed E-state index contributed by atoms with van der Waals surface area (Å²) in [5, 5.41) is 1.17. The Morgan fingerprint density at radius 2 is 2.25 bits per heavy atom. The van der Waals surface area contributed by atoms with Gasteiger partial charge in [-0.3, -0.25) is 4.90 Å². The van der Waals surface area contributed by atoms with E-state index in [-0.39, 0.29) is 12.1 Å². The van der Waals surface area contributed by atoms with E-state index in [0.29, 0.717) is 6.54 Å². The van der Waals surface area contributed by atoms with Crippen LogP contribution in [0.5, 0.6) is 0 Å². The highest BCUT2D eigenvalue weighted by molar-refractivity contribution is 5.81. The molecule has 1 aromatic heterocycles. The van der Waals surface area contributed by atoms with E-state index in [1.165, 1.54) is 10.9 Å². The summed E-state index contributed by atoms with van der Waals surface area (Å²) in [6.45, 7) is 5.49. The molecule has 0 saturated carbocycles. The van der Waals surface area contributed by atoms with Crippen molar-refractivity contribution in [2.45, 2.75) is 25.5 Å². The van der Waals surface area contributed by atoms with E-state index in [1.54, 1.807) is 0 Å². The first-order chi connectivity index (χ1) is 9.79. The lowest BCUT2D eigenvalue weighted by atomic mass is 10.0. The molecule has 2 N–H and O–H groups in total. The van der Waals surface area contributed by atoms with Crippen LogP contribution < -0.4 is 5.73 Å². The topological polar surface area (TPSA) is 51.6 Å². The van der Waals surface area contributed by atoms with Crippen LogP contribution in [0.15, 0.2) is 34.9 Å². The number of ether oxygens (including phenoxy) is 1. The summed E-state index contributed by atoms with van der Waals surface area (Å²) in [7, 11) is 0. The van der Waals surface area contributed by atoms with Gasteiger partial charge in [0.25, 0.3) is 0 Å². The summed E-state index contributed by atoms with van der Waals surface area (Å²) >= 11 is 0. The summed E-state index contributed by atoms with van der Waals surface area (Å²) in [6, 6.07) is 8.34. The van der Waals surface area contributed by atoms with E-state index in [4.69, 9.17) is 14.9 Å². The number of fused-ring (bicyclic) bond motifs is 1. The fourth-order valence-corrected chi connectivity index (χ4v) is 3.04. The summed E-state index contributed by atoms with van der Waals surface area (Å²) in [6.07, 6.45) is 3.17. The molecule has 1 aromatic carbocycles. The summed E-state index contributed by atoms with van der Waals surface area (Å²) in [4.78, 5) is 2.43. The smallest absolute Gasteiger partial charge is 0.134 e. The van der Waals surface area contributed by atoms with Crippen molar-refractivity contribution in [3.8, 4) is 0 Å². The Kier molecular flexibility index (Phi) is 4.05. The molecule has 4 nitrogen and oxygen atoms in total. The van der Waals surface area contributed by atoms with Crippen LogP contribution in [0.2, 0.25) is 0 Å². The molecule has 3 rings (SSSR count). The number of benzene rings is 1. The Labute approximate surface area is 119 Å². The fourth-order valence-electron chi connectivity index (χ4n) is 3.04. The Morgan fingerprint density at radius 3 is 3.10 bits per heavy atom. The molecule has 0 bridgehead atoms. The summed E-state index contributed by atoms with van der Waals surface area (Å²) < 4.78 is 11.4. The Bertz CT molecular complexity index is 566. The number of hydrogen-bond donors (Lipinski definition) is 1. The van der Waals surface area contributed by atoms with E-state index in [2.05, 4.69) is 17.9 Å². The quantitative estimate of drug-likeness (QED) is 0.934. The molecule has 1 saturated heterocycles. The van der Waals surface area contributed by atoms with Gasteiger partial charge in [-0.05, 0) is 19.4 Å². The second-order valence-electron chi connectivity index (χ2n) is 5.47. The molecule has 2 heterocycles. The van der Waals surface area contributed by atoms with Crippen molar-refractivity contribution in [1.29, 1.82) is 0 Å². The maximum absolute atomic E-state index is 6.06. The van der Waals surface area contributed by atoms with Gasteiger partial charge in [-0.1, -0.05) is 18.2 Å². The zero-order chi connectivity index (χ0) is 13.9. The Hall–Kier alpha value is -1.36. The van der Waals surface area contributed by atoms with Crippen LogP contribution in [0.3, 0.4) is 0 Å². The molecular formula is C16H22N2O2. The minimum absolute atomic E-state index is 0.197. The Morgan fingerprint density at radius 1 is 1.40 bits per heavy atom. The second kappa shape index (κ2) is 5.95. The fraction of sp³-hybridized carbons (Fsp3) is 0.500. The third-order valence-electron chi connectivity index (χ3n) is 4.02. The predicted molar refractivity (Wildman–Crippen MR) is 79.6 cm³/mol. The molecule has 108 valence electrons. The van der Waals surface area contributed by atoms with Crippen LogP contribution in [0.25, 0.3) is 11.0 Å². The van der Waals surface area contributed by atoms with Crippen molar-refractivity contribution in [3.05, 3.63) is 36.1 Å². The molecule has 0 amide bonds. The van der Waals surface area contributed by atoms with Gasteiger partial charge in [-0.2, -0.15) is 0 Å². The SMILES string of the molecule is CC1CN(C(CN)c2coc3ccccc23)CCCO1. The first kappa shape index (κ1) is 13.6. The van der Waals surface area contributed by atoms with Gasteiger partial charge in [0.1, 0.15) is 5.58 Å². The van der Waals surface area contributed by atoms with Gasteiger partial charge in [0, 0.05) is 37.2 Å². The molecule has 4 heteroatoms. The molecule has 20 heavy (non-hydrogen) atoms. The van der Waals surface area contributed by atoms with Crippen molar-refractivity contribution in [2.75, 3.05) is 26.2 Å². The number of para-hydroxylation sites is 1. The van der Waals surface area contributed by atoms with Crippen LogP contribution >= 0.6 is 0 Å². The highest BCUT2D eigenvalue weighted by Gasteiger charge is 2.25. The van der Waals surface area contributed by atoms with Crippen molar-refractivity contribution < 1.29 is 9.15 Å². The number of nitrogens with zero attached hydrogens (tertiary/aromatic N) is 1. The van der Waals surface area contributed by atoms with E-state index in [1.807, 2.05) is 24.5 Å². The highest BCUT2D eigenvalue weighted by Crippen LogP contribution is 2.30. The standard InChI is InChI=1S/C16H22N2O2/c1-12-10-18(7-4-8-19-12)15(9-17)14-11-20-16-6-3-2-5-13(14)16/h2-3,5-6,11-12,15H,4,7-10,17H2,1H3. The summed E-state index contributed by atoms with van der Waals surface area (Å²) in [5.74, 6) is 0. The minimum Gasteiger partial charge on any atom is -0.464 e. The van der Waals surface area contributed by atoms with Crippen LogP contribution in [0, 0.1) is 0 Å². The minimum atomic E-state index is 0.197. The number of rotatable bonds is 3. The molecule has 2 atom stereocenters. The molecule has 2 aromatic rings. The van der Waals surface area contributed by atoms with E-state index >= 15 is 0 Å². The van der Waals surface area contributed by atoms with Crippen molar-refractivity contribution in [1.82, 2.24) is 4.90 Å². The monoisotopic (exact) mass is 274 g/mol. The first-order valence-corrected chi connectivity index (χ1v) is 7.31. The molecule has 0 radical (unpaired) electrons. The third kappa shape index (κ3) is 2.59. The molecule has 0 aliphatic carbocycles. The largest absolute Gasteiger partial charge is 0.464 e. The number of hydrogen-bond acceptors (Lipinski definition) is 4. The van der Waals surface area contributed by atoms with Crippen LogP contribution in [-0.2, 0) is 4.74 Å². The molecular weight excluding hydrogens is 252 g/mol. The van der Waals surface area contributed by atoms with Gasteiger partial charge in [0.05, 0.1) is 18.4 Å². The van der Waals surface area contributed by atoms with Gasteiger partial charge < -0.3 is 14.9 Å². The molecule has 0 spiro atoms. The zero-order valence-electron chi connectivity index (χ0n) is 11.9. The van der Waals surface area contributed by atoms with Gasteiger partial charge >= 0.3 is 0 Å². The zero-order valence-corrected chi connectivity index (χ0v) is 11.9. The van der Waals surface area contributed by atoms with Crippen molar-refractivity contribution >= 4 is 11.0 Å². The van der Waals surface area contributed by atoms with Crippen LogP contribution in [0.4, 0.5) is 0 Å². The van der Waals surface area contributed by atoms with Crippen LogP contribution in [0.1, 0.15) is 24.9 Å². The normalized spacial score (nSPS) is 22.8. The molecule has 1 fully saturated rings. The van der Waals surface area contributed by atoms with Gasteiger partial charge in [-0.15, -0.1) is 0 Å². The lowest BCUT2D eigenvalue weighted by Crippen LogP contribution is -2.37. The van der Waals surface area contributed by atoms with E-state index < -0.39 is 0 Å². The Balaban J connectivity index is 1.92. The van der Waals surface area contributed by atoms with Gasteiger partial charge in [-0.25, -0.2) is 0 Å². The van der Waals surface area contributed by atoms with Gasteiger partial charge in [0.15, 0.2) is 0 Å². The van der Waals surface area contributed by atoms with E-state index in [0.717, 1.165) is 31.7 Å². The maximum Gasteiger partial charge on any atom is 0.134 e. The second-order valence-corrected chi connectivity index (χ2v) is 5.47.